The molecule has 1 amide bonds. The van der Waals surface area contributed by atoms with Gasteiger partial charge in [-0.25, -0.2) is 4.39 Å². The normalized spacial score (nSPS) is 12.8. The summed E-state index contributed by atoms with van der Waals surface area (Å²) in [6.45, 7) is 7.46. The van der Waals surface area contributed by atoms with Crippen LogP contribution in [0.15, 0.2) is 18.2 Å². The number of carboxylic acid groups (broad SMARTS) is 1. The summed E-state index contributed by atoms with van der Waals surface area (Å²) in [6, 6.07) is 4.04. The Morgan fingerprint density at radius 3 is 2.48 bits per heavy atom. The molecule has 4 nitrogen and oxygen atoms in total. The first-order valence-electron chi connectivity index (χ1n) is 6.88. The number of aliphatic carboxylic acids is 1. The minimum absolute atomic E-state index is 0.0562. The van der Waals surface area contributed by atoms with Gasteiger partial charge in [-0.3, -0.25) is 9.59 Å². The molecule has 0 aliphatic carbocycles. The number of hydrogen-bond acceptors (Lipinski definition) is 2. The maximum atomic E-state index is 13.9. The second-order valence-corrected chi connectivity index (χ2v) is 6.47. The number of amides is 1. The van der Waals surface area contributed by atoms with Crippen LogP contribution >= 0.6 is 0 Å². The van der Waals surface area contributed by atoms with Crippen LogP contribution in [0, 0.1) is 18.2 Å². The molecular formula is C16H22FNO3. The molecule has 0 saturated heterocycles. The van der Waals surface area contributed by atoms with Crippen LogP contribution in [-0.2, 0) is 4.79 Å². The summed E-state index contributed by atoms with van der Waals surface area (Å²) in [5.41, 5.74) is 0.186. The fourth-order valence-electron chi connectivity index (χ4n) is 2.21. The summed E-state index contributed by atoms with van der Waals surface area (Å²) in [7, 11) is 0. The number of carbonyl (C=O) groups is 2. The van der Waals surface area contributed by atoms with E-state index in [1.54, 1.807) is 19.1 Å². The Hall–Kier alpha value is -1.91. The summed E-state index contributed by atoms with van der Waals surface area (Å²) in [4.78, 5) is 23.1. The Bertz CT molecular complexity index is 535. The molecule has 1 unspecified atom stereocenters. The number of nitrogens with one attached hydrogen (secondary N) is 1. The van der Waals surface area contributed by atoms with Crippen LogP contribution in [0.2, 0.25) is 0 Å². The van der Waals surface area contributed by atoms with Gasteiger partial charge in [0.15, 0.2) is 0 Å². The van der Waals surface area contributed by atoms with E-state index in [1.807, 2.05) is 20.8 Å². The number of aryl methyl sites for hydroxylation is 1. The van der Waals surface area contributed by atoms with Crippen LogP contribution in [-0.4, -0.2) is 23.0 Å². The predicted octanol–water partition coefficient (Wildman–Crippen LogP) is 3.14. The maximum Gasteiger partial charge on any atom is 0.305 e. The molecule has 116 valence electrons. The van der Waals surface area contributed by atoms with E-state index >= 15 is 0 Å². The van der Waals surface area contributed by atoms with Crippen molar-refractivity contribution < 1.29 is 19.1 Å². The van der Waals surface area contributed by atoms with Gasteiger partial charge in [-0.05, 0) is 30.4 Å². The molecule has 0 bridgehead atoms. The van der Waals surface area contributed by atoms with Crippen molar-refractivity contribution in [3.05, 3.63) is 35.1 Å². The molecule has 1 aromatic carbocycles. The highest BCUT2D eigenvalue weighted by Gasteiger charge is 2.24. The molecule has 2 N–H and O–H groups in total. The smallest absolute Gasteiger partial charge is 0.305 e. The number of hydrogen-bond donors (Lipinski definition) is 2. The molecule has 0 radical (unpaired) electrons. The second kappa shape index (κ2) is 6.70. The predicted molar refractivity (Wildman–Crippen MR) is 78.7 cm³/mol. The summed E-state index contributed by atoms with van der Waals surface area (Å²) < 4.78 is 13.9. The summed E-state index contributed by atoms with van der Waals surface area (Å²) in [5, 5.41) is 11.6. The van der Waals surface area contributed by atoms with Crippen LogP contribution in [0.4, 0.5) is 4.39 Å². The lowest BCUT2D eigenvalue weighted by Crippen LogP contribution is -2.39. The molecule has 1 atom stereocenters. The van der Waals surface area contributed by atoms with Gasteiger partial charge in [0.25, 0.3) is 5.91 Å². The number of halogens is 1. The Labute approximate surface area is 124 Å². The number of rotatable bonds is 5. The average molecular weight is 295 g/mol. The van der Waals surface area contributed by atoms with Crippen molar-refractivity contribution in [3.8, 4) is 0 Å². The zero-order valence-electron chi connectivity index (χ0n) is 12.9. The van der Waals surface area contributed by atoms with E-state index < -0.39 is 23.7 Å². The van der Waals surface area contributed by atoms with Crippen LogP contribution in [0.25, 0.3) is 0 Å². The Kier molecular flexibility index (Phi) is 5.47. The fourth-order valence-corrected chi connectivity index (χ4v) is 2.21. The van der Waals surface area contributed by atoms with Gasteiger partial charge >= 0.3 is 5.97 Å². The first-order chi connectivity index (χ1) is 9.60. The van der Waals surface area contributed by atoms with Crippen molar-refractivity contribution in [2.75, 3.05) is 0 Å². The Morgan fingerprint density at radius 2 is 1.95 bits per heavy atom. The van der Waals surface area contributed by atoms with Crippen LogP contribution in [0.1, 0.15) is 49.5 Å². The molecular weight excluding hydrogens is 273 g/mol. The van der Waals surface area contributed by atoms with E-state index in [-0.39, 0.29) is 17.4 Å². The molecule has 0 spiro atoms. The van der Waals surface area contributed by atoms with Gasteiger partial charge in [0.2, 0.25) is 0 Å². The molecule has 0 aliphatic rings. The van der Waals surface area contributed by atoms with Crippen molar-refractivity contribution >= 4 is 11.9 Å². The van der Waals surface area contributed by atoms with Gasteiger partial charge in [0.05, 0.1) is 12.0 Å². The van der Waals surface area contributed by atoms with Crippen molar-refractivity contribution in [1.82, 2.24) is 5.32 Å². The van der Waals surface area contributed by atoms with Gasteiger partial charge < -0.3 is 10.4 Å². The summed E-state index contributed by atoms with van der Waals surface area (Å²) in [5.74, 6) is -2.14. The van der Waals surface area contributed by atoms with Crippen LogP contribution in [0.3, 0.4) is 0 Å². The third-order valence-electron chi connectivity index (χ3n) is 3.05. The van der Waals surface area contributed by atoms with E-state index in [0.29, 0.717) is 12.0 Å². The number of benzene rings is 1. The molecule has 0 aromatic heterocycles. The monoisotopic (exact) mass is 295 g/mol. The average Bonchev–Trinajstić information content (AvgIpc) is 2.29. The third kappa shape index (κ3) is 5.53. The quantitative estimate of drug-likeness (QED) is 0.877. The largest absolute Gasteiger partial charge is 0.481 e. The fraction of sp³-hybridized carbons (Fsp3) is 0.500. The van der Waals surface area contributed by atoms with E-state index in [4.69, 9.17) is 5.11 Å². The molecule has 0 fully saturated rings. The summed E-state index contributed by atoms with van der Waals surface area (Å²) >= 11 is 0. The van der Waals surface area contributed by atoms with Gasteiger partial charge in [0, 0.05) is 6.04 Å². The minimum atomic E-state index is -0.991. The van der Waals surface area contributed by atoms with Crippen molar-refractivity contribution in [3.63, 3.8) is 0 Å². The van der Waals surface area contributed by atoms with E-state index in [2.05, 4.69) is 5.32 Å². The van der Waals surface area contributed by atoms with Crippen molar-refractivity contribution in [2.24, 2.45) is 5.41 Å². The lowest BCUT2D eigenvalue weighted by Gasteiger charge is -2.26. The number of carbonyl (C=O) groups excluding carboxylic acids is 1. The molecule has 21 heavy (non-hydrogen) atoms. The Balaban J connectivity index is 2.89. The van der Waals surface area contributed by atoms with Gasteiger partial charge in [-0.1, -0.05) is 32.9 Å². The molecule has 1 aromatic rings. The van der Waals surface area contributed by atoms with E-state index in [0.717, 1.165) is 0 Å². The zero-order valence-corrected chi connectivity index (χ0v) is 12.9. The van der Waals surface area contributed by atoms with Gasteiger partial charge in [0.1, 0.15) is 5.82 Å². The van der Waals surface area contributed by atoms with Gasteiger partial charge in [-0.15, -0.1) is 0 Å². The zero-order chi connectivity index (χ0) is 16.2. The maximum absolute atomic E-state index is 13.9. The van der Waals surface area contributed by atoms with Crippen LogP contribution in [0.5, 0.6) is 0 Å². The molecule has 1 rings (SSSR count). The SMILES string of the molecule is Cc1cccc(C(=O)NC(CC(=O)O)CC(C)(C)C)c1F. The third-order valence-corrected chi connectivity index (χ3v) is 3.05. The molecule has 0 aliphatic heterocycles. The number of carboxylic acids is 1. The Morgan fingerprint density at radius 1 is 1.33 bits per heavy atom. The lowest BCUT2D eigenvalue weighted by atomic mass is 9.87. The second-order valence-electron chi connectivity index (χ2n) is 6.47. The highest BCUT2D eigenvalue weighted by Crippen LogP contribution is 2.22. The van der Waals surface area contributed by atoms with Crippen molar-refractivity contribution in [2.45, 2.75) is 46.6 Å². The van der Waals surface area contributed by atoms with Crippen LogP contribution < -0.4 is 5.32 Å². The van der Waals surface area contributed by atoms with E-state index in [9.17, 15) is 14.0 Å². The molecule has 0 heterocycles. The standard InChI is InChI=1S/C16H22FNO3/c1-10-6-5-7-12(14(10)17)15(21)18-11(8-13(19)20)9-16(2,3)4/h5-7,11H,8-9H2,1-4H3,(H,18,21)(H,19,20). The first kappa shape index (κ1) is 17.1. The van der Waals surface area contributed by atoms with Crippen molar-refractivity contribution in [1.29, 1.82) is 0 Å². The topological polar surface area (TPSA) is 66.4 Å². The molecule has 5 heteroatoms. The molecule has 0 saturated carbocycles. The lowest BCUT2D eigenvalue weighted by molar-refractivity contribution is -0.137. The highest BCUT2D eigenvalue weighted by atomic mass is 19.1. The van der Waals surface area contributed by atoms with E-state index in [1.165, 1.54) is 6.07 Å². The summed E-state index contributed by atoms with van der Waals surface area (Å²) in [6.07, 6.45) is 0.314. The minimum Gasteiger partial charge on any atom is -0.481 e. The van der Waals surface area contributed by atoms with Gasteiger partial charge in [-0.2, -0.15) is 0 Å². The first-order valence-corrected chi connectivity index (χ1v) is 6.88. The highest BCUT2D eigenvalue weighted by molar-refractivity contribution is 5.95.